The molecule has 0 saturated carbocycles. The summed E-state index contributed by atoms with van der Waals surface area (Å²) in [6, 6.07) is 4.22. The summed E-state index contributed by atoms with van der Waals surface area (Å²) in [7, 11) is -3.17. The van der Waals surface area contributed by atoms with Crippen molar-refractivity contribution in [3.05, 3.63) is 39.9 Å². The molecular weight excluding hydrogens is 410 g/mol. The molecule has 3 aliphatic heterocycles. The normalized spacial score (nSPS) is 22.5. The molecule has 3 heterocycles. The van der Waals surface area contributed by atoms with E-state index in [1.165, 1.54) is 16.8 Å². The van der Waals surface area contributed by atoms with Crippen molar-refractivity contribution in [2.75, 3.05) is 31.2 Å². The molecule has 1 unspecified atom stereocenters. The molecule has 3 aliphatic rings. The van der Waals surface area contributed by atoms with Crippen LogP contribution in [0, 0.1) is 0 Å². The number of hydrogen-bond donors (Lipinski definition) is 2. The van der Waals surface area contributed by atoms with Crippen LogP contribution in [0.3, 0.4) is 0 Å². The van der Waals surface area contributed by atoms with Crippen molar-refractivity contribution in [1.82, 2.24) is 9.62 Å². The Hall–Kier alpha value is -2.26. The number of benzene rings is 1. The highest BCUT2D eigenvalue weighted by Crippen LogP contribution is 2.29. The zero-order valence-electron chi connectivity index (χ0n) is 16.8. The Morgan fingerprint density at radius 1 is 1.27 bits per heavy atom. The second kappa shape index (κ2) is 8.47. The molecule has 0 spiro atoms. The SMILES string of the molecule is CS(=O)(=O)N1CCC(Nc2cc(C3C=NC=C(C(F)F)C3)cc3c2=CNCC=3)CC1. The van der Waals surface area contributed by atoms with Gasteiger partial charge in [0.15, 0.2) is 0 Å². The van der Waals surface area contributed by atoms with Crippen molar-refractivity contribution in [1.29, 1.82) is 0 Å². The van der Waals surface area contributed by atoms with Crippen LogP contribution >= 0.6 is 0 Å². The van der Waals surface area contributed by atoms with Crippen molar-refractivity contribution < 1.29 is 17.2 Å². The lowest BCUT2D eigenvalue weighted by atomic mass is 9.90. The summed E-state index contributed by atoms with van der Waals surface area (Å²) < 4.78 is 51.4. The zero-order valence-corrected chi connectivity index (χ0v) is 17.6. The van der Waals surface area contributed by atoms with Crippen LogP contribution in [0.5, 0.6) is 0 Å². The number of hydrogen-bond acceptors (Lipinski definition) is 5. The van der Waals surface area contributed by atoms with E-state index in [1.54, 1.807) is 6.21 Å². The predicted octanol–water partition coefficient (Wildman–Crippen LogP) is 1.35. The molecule has 2 N–H and O–H groups in total. The first-order chi connectivity index (χ1) is 14.3. The van der Waals surface area contributed by atoms with E-state index in [-0.39, 0.29) is 24.0 Å². The molecule has 0 bridgehead atoms. The molecule has 30 heavy (non-hydrogen) atoms. The number of halogens is 2. The van der Waals surface area contributed by atoms with E-state index in [2.05, 4.69) is 27.8 Å². The van der Waals surface area contributed by atoms with Crippen molar-refractivity contribution in [2.45, 2.75) is 37.6 Å². The standard InChI is InChI=1S/C21H26F2N4O2S/c1-30(28,29)27-6-3-18(4-7-27)26-20-10-15(8-14-2-5-24-13-19(14)20)16-9-17(21(22)23)12-25-11-16/h2,8,10-13,16,18,21,24,26H,3-7,9H2,1H3. The highest BCUT2D eigenvalue weighted by Gasteiger charge is 2.26. The lowest BCUT2D eigenvalue weighted by molar-refractivity contribution is 0.184. The van der Waals surface area contributed by atoms with Crippen molar-refractivity contribution in [3.8, 4) is 0 Å². The first kappa shape index (κ1) is 21.0. The summed E-state index contributed by atoms with van der Waals surface area (Å²) in [5.41, 5.74) is 1.94. The first-order valence-corrected chi connectivity index (χ1v) is 12.0. The minimum atomic E-state index is -3.17. The van der Waals surface area contributed by atoms with Gasteiger partial charge in [0, 0.05) is 66.7 Å². The van der Waals surface area contributed by atoms with E-state index >= 15 is 0 Å². The van der Waals surface area contributed by atoms with E-state index in [1.807, 2.05) is 12.3 Å². The van der Waals surface area contributed by atoms with Crippen LogP contribution in [-0.2, 0) is 10.0 Å². The van der Waals surface area contributed by atoms with Crippen LogP contribution in [0.4, 0.5) is 14.5 Å². The molecule has 0 amide bonds. The van der Waals surface area contributed by atoms with Gasteiger partial charge in [-0.15, -0.1) is 0 Å². The fourth-order valence-corrected chi connectivity index (χ4v) is 5.07. The van der Waals surface area contributed by atoms with Crippen LogP contribution in [0.25, 0.3) is 12.3 Å². The van der Waals surface area contributed by atoms with Gasteiger partial charge in [0.25, 0.3) is 6.43 Å². The van der Waals surface area contributed by atoms with E-state index in [9.17, 15) is 17.2 Å². The lowest BCUT2D eigenvalue weighted by Gasteiger charge is -2.31. The number of nitrogens with one attached hydrogen (secondary N) is 2. The van der Waals surface area contributed by atoms with Gasteiger partial charge in [0.05, 0.1) is 6.26 Å². The molecule has 1 saturated heterocycles. The highest BCUT2D eigenvalue weighted by molar-refractivity contribution is 7.88. The Balaban J connectivity index is 1.59. The maximum atomic E-state index is 13.2. The topological polar surface area (TPSA) is 73.8 Å². The van der Waals surface area contributed by atoms with Gasteiger partial charge in [-0.3, -0.25) is 4.99 Å². The quantitative estimate of drug-likeness (QED) is 0.731. The van der Waals surface area contributed by atoms with Crippen molar-refractivity contribution >= 4 is 34.2 Å². The van der Waals surface area contributed by atoms with Gasteiger partial charge in [-0.2, -0.15) is 0 Å². The van der Waals surface area contributed by atoms with Crippen molar-refractivity contribution in [2.24, 2.45) is 4.99 Å². The summed E-state index contributed by atoms with van der Waals surface area (Å²) in [4.78, 5) is 4.05. The molecule has 0 aliphatic carbocycles. The summed E-state index contributed by atoms with van der Waals surface area (Å²) >= 11 is 0. The number of nitrogens with zero attached hydrogens (tertiary/aromatic N) is 2. The van der Waals surface area contributed by atoms with Gasteiger partial charge in [-0.25, -0.2) is 21.5 Å². The smallest absolute Gasteiger partial charge is 0.261 e. The molecule has 162 valence electrons. The Labute approximate surface area is 175 Å². The maximum Gasteiger partial charge on any atom is 0.261 e. The summed E-state index contributed by atoms with van der Waals surface area (Å²) in [5, 5.41) is 8.89. The molecule has 9 heteroatoms. The summed E-state index contributed by atoms with van der Waals surface area (Å²) in [5.74, 6) is -0.194. The van der Waals surface area contributed by atoms with E-state index < -0.39 is 16.4 Å². The van der Waals surface area contributed by atoms with E-state index in [4.69, 9.17) is 0 Å². The highest BCUT2D eigenvalue weighted by atomic mass is 32.2. The number of allylic oxidation sites excluding steroid dienone is 1. The van der Waals surface area contributed by atoms with Crippen LogP contribution < -0.4 is 21.1 Å². The molecule has 6 nitrogen and oxygen atoms in total. The van der Waals surface area contributed by atoms with Gasteiger partial charge in [0.1, 0.15) is 0 Å². The second-order valence-electron chi connectivity index (χ2n) is 8.02. The average molecular weight is 437 g/mol. The van der Waals surface area contributed by atoms with Crippen LogP contribution in [0.15, 0.2) is 28.9 Å². The Morgan fingerprint density at radius 3 is 2.73 bits per heavy atom. The molecule has 1 aromatic rings. The number of piperidine rings is 1. The van der Waals surface area contributed by atoms with Crippen molar-refractivity contribution in [3.63, 3.8) is 0 Å². The van der Waals surface area contributed by atoms with Gasteiger partial charge in [-0.1, -0.05) is 12.1 Å². The average Bonchev–Trinajstić information content (AvgIpc) is 2.73. The predicted molar refractivity (Wildman–Crippen MR) is 116 cm³/mol. The molecule has 0 radical (unpaired) electrons. The Morgan fingerprint density at radius 2 is 2.03 bits per heavy atom. The van der Waals surface area contributed by atoms with E-state index in [0.717, 1.165) is 21.7 Å². The van der Waals surface area contributed by atoms with Gasteiger partial charge < -0.3 is 10.6 Å². The van der Waals surface area contributed by atoms with Gasteiger partial charge in [-0.05, 0) is 36.1 Å². The third-order valence-corrected chi connectivity index (χ3v) is 7.18. The minimum absolute atomic E-state index is 0.0556. The number of fused-ring (bicyclic) bond motifs is 1. The molecule has 1 aromatic carbocycles. The fourth-order valence-electron chi connectivity index (χ4n) is 4.20. The number of anilines is 1. The number of sulfonamides is 1. The third kappa shape index (κ3) is 4.57. The zero-order chi connectivity index (χ0) is 21.3. The summed E-state index contributed by atoms with van der Waals surface area (Å²) in [6.07, 6.45) is 7.47. The molecule has 1 atom stereocenters. The minimum Gasteiger partial charge on any atom is -0.387 e. The van der Waals surface area contributed by atoms with Crippen LogP contribution in [0.2, 0.25) is 0 Å². The monoisotopic (exact) mass is 436 g/mol. The first-order valence-electron chi connectivity index (χ1n) is 10.1. The fraction of sp³-hybridized carbons (Fsp3) is 0.476. The van der Waals surface area contributed by atoms with Crippen LogP contribution in [-0.4, -0.2) is 57.3 Å². The number of alkyl halides is 2. The molecular formula is C21H26F2N4O2S. The number of aliphatic imine (C=N–C) groups is 1. The second-order valence-corrected chi connectivity index (χ2v) is 10.0. The number of rotatable bonds is 5. The largest absolute Gasteiger partial charge is 0.387 e. The third-order valence-electron chi connectivity index (χ3n) is 5.87. The Bertz CT molecular complexity index is 1090. The summed E-state index contributed by atoms with van der Waals surface area (Å²) in [6.45, 7) is 1.69. The van der Waals surface area contributed by atoms with Crippen LogP contribution in [0.1, 0.15) is 30.7 Å². The molecule has 1 fully saturated rings. The van der Waals surface area contributed by atoms with E-state index in [0.29, 0.717) is 32.5 Å². The maximum absolute atomic E-state index is 13.2. The van der Waals surface area contributed by atoms with Gasteiger partial charge >= 0.3 is 0 Å². The molecule has 4 rings (SSSR count). The molecule has 0 aromatic heterocycles. The Kier molecular flexibility index (Phi) is 5.92. The van der Waals surface area contributed by atoms with Gasteiger partial charge in [0.2, 0.25) is 10.0 Å². The lowest BCUT2D eigenvalue weighted by Crippen LogP contribution is -2.43.